The Morgan fingerprint density at radius 2 is 1.78 bits per heavy atom. The third-order valence-electron chi connectivity index (χ3n) is 5.85. The molecule has 2 saturated heterocycles. The van der Waals surface area contributed by atoms with E-state index in [9.17, 15) is 14.7 Å². The molecule has 1 amide bonds. The van der Waals surface area contributed by atoms with Crippen molar-refractivity contribution < 1.29 is 24.2 Å². The second-order valence-electron chi connectivity index (χ2n) is 7.70. The van der Waals surface area contributed by atoms with Crippen molar-refractivity contribution in [3.05, 3.63) is 69.7 Å². The molecule has 32 heavy (non-hydrogen) atoms. The highest BCUT2D eigenvalue weighted by Crippen LogP contribution is 2.42. The van der Waals surface area contributed by atoms with Crippen LogP contribution in [0.15, 0.2) is 58.6 Å². The van der Waals surface area contributed by atoms with Gasteiger partial charge in [-0.15, -0.1) is 0 Å². The largest absolute Gasteiger partial charge is 0.507 e. The highest BCUT2D eigenvalue weighted by Gasteiger charge is 2.47. The molecule has 0 aliphatic carbocycles. The summed E-state index contributed by atoms with van der Waals surface area (Å²) in [7, 11) is 1.55. The molecule has 0 unspecified atom stereocenters. The van der Waals surface area contributed by atoms with Crippen molar-refractivity contribution in [1.29, 1.82) is 0 Å². The lowest BCUT2D eigenvalue weighted by Crippen LogP contribution is -2.42. The molecule has 2 aliphatic heterocycles. The number of methoxy groups -OCH3 is 1. The van der Waals surface area contributed by atoms with E-state index in [1.165, 1.54) is 0 Å². The summed E-state index contributed by atoms with van der Waals surface area (Å²) in [6, 6.07) is 13.5. The fourth-order valence-corrected chi connectivity index (χ4v) is 4.43. The number of amides is 1. The first-order valence-corrected chi connectivity index (χ1v) is 11.3. The predicted molar refractivity (Wildman–Crippen MR) is 123 cm³/mol. The van der Waals surface area contributed by atoms with Crippen LogP contribution in [0.25, 0.3) is 5.76 Å². The van der Waals surface area contributed by atoms with Gasteiger partial charge < -0.3 is 19.5 Å². The van der Waals surface area contributed by atoms with Gasteiger partial charge in [0.15, 0.2) is 0 Å². The van der Waals surface area contributed by atoms with Crippen LogP contribution in [0, 0.1) is 0 Å². The first kappa shape index (κ1) is 22.5. The lowest BCUT2D eigenvalue weighted by Gasteiger charge is -2.31. The number of aliphatic hydroxyl groups excluding tert-OH is 1. The monoisotopic (exact) mass is 500 g/mol. The molecule has 7 nitrogen and oxygen atoms in total. The van der Waals surface area contributed by atoms with Crippen molar-refractivity contribution in [3.8, 4) is 5.75 Å². The molecule has 0 spiro atoms. The Labute approximate surface area is 195 Å². The number of ether oxygens (including phenoxy) is 2. The summed E-state index contributed by atoms with van der Waals surface area (Å²) < 4.78 is 11.8. The maximum atomic E-state index is 13.1. The van der Waals surface area contributed by atoms with E-state index >= 15 is 0 Å². The van der Waals surface area contributed by atoms with Crippen LogP contribution in [0.5, 0.6) is 5.75 Å². The Kier molecular flexibility index (Phi) is 6.93. The Hall–Kier alpha value is -2.68. The molecule has 0 aromatic heterocycles. The van der Waals surface area contributed by atoms with Crippen LogP contribution in [0.3, 0.4) is 0 Å². The Bertz CT molecular complexity index is 1030. The van der Waals surface area contributed by atoms with Gasteiger partial charge >= 0.3 is 0 Å². The second-order valence-corrected chi connectivity index (χ2v) is 8.61. The summed E-state index contributed by atoms with van der Waals surface area (Å²) in [6.45, 7) is 3.83. The number of morpholine rings is 1. The van der Waals surface area contributed by atoms with Gasteiger partial charge in [-0.3, -0.25) is 14.5 Å². The Balaban J connectivity index is 1.77. The molecule has 4 rings (SSSR count). The van der Waals surface area contributed by atoms with E-state index in [1.807, 2.05) is 18.2 Å². The van der Waals surface area contributed by atoms with Crippen LogP contribution >= 0.6 is 15.9 Å². The molecule has 0 bridgehead atoms. The summed E-state index contributed by atoms with van der Waals surface area (Å²) >= 11 is 3.38. The minimum atomic E-state index is -0.740. The molecule has 2 fully saturated rings. The Morgan fingerprint density at radius 1 is 1.09 bits per heavy atom. The maximum Gasteiger partial charge on any atom is 0.295 e. The number of hydrogen-bond donors (Lipinski definition) is 1. The number of carbonyl (C=O) groups is 2. The van der Waals surface area contributed by atoms with Gasteiger partial charge in [0.1, 0.15) is 11.5 Å². The molecule has 168 valence electrons. The number of likely N-dealkylation sites (tertiary alicyclic amines) is 1. The standard InChI is InChI=1S/C24H25BrN2O5/c1-31-19-5-3-2-4-18(19)21-20(22(28)16-6-8-17(25)9-7-16)23(29)24(30)27(21)11-10-26-12-14-32-15-13-26/h2-9,21,28H,10-15H2,1H3/b22-20+/t21-/m0/s1. The van der Waals surface area contributed by atoms with Gasteiger partial charge in [-0.1, -0.05) is 46.3 Å². The van der Waals surface area contributed by atoms with Crippen LogP contribution in [0.2, 0.25) is 0 Å². The van der Waals surface area contributed by atoms with Crippen molar-refractivity contribution >= 4 is 33.4 Å². The van der Waals surface area contributed by atoms with Crippen molar-refractivity contribution in [2.75, 3.05) is 46.5 Å². The van der Waals surface area contributed by atoms with Crippen LogP contribution in [0.1, 0.15) is 17.2 Å². The molecular weight excluding hydrogens is 476 g/mol. The number of benzene rings is 2. The van der Waals surface area contributed by atoms with Crippen molar-refractivity contribution in [3.63, 3.8) is 0 Å². The van der Waals surface area contributed by atoms with E-state index in [2.05, 4.69) is 20.8 Å². The number of ketones is 1. The minimum absolute atomic E-state index is 0.0730. The molecule has 2 aliphatic rings. The number of nitrogens with zero attached hydrogens (tertiary/aromatic N) is 2. The topological polar surface area (TPSA) is 79.3 Å². The molecule has 2 heterocycles. The summed E-state index contributed by atoms with van der Waals surface area (Å²) in [5, 5.41) is 11.1. The molecule has 8 heteroatoms. The smallest absolute Gasteiger partial charge is 0.295 e. The quantitative estimate of drug-likeness (QED) is 0.372. The zero-order chi connectivity index (χ0) is 22.7. The lowest BCUT2D eigenvalue weighted by molar-refractivity contribution is -0.140. The molecule has 2 aromatic rings. The van der Waals surface area contributed by atoms with E-state index in [4.69, 9.17) is 9.47 Å². The summed E-state index contributed by atoms with van der Waals surface area (Å²) in [6.07, 6.45) is 0. The number of carbonyl (C=O) groups excluding carboxylic acids is 2. The third kappa shape index (κ3) is 4.44. The van der Waals surface area contributed by atoms with Gasteiger partial charge in [-0.25, -0.2) is 0 Å². The van der Waals surface area contributed by atoms with Gasteiger partial charge in [-0.05, 0) is 18.2 Å². The zero-order valence-electron chi connectivity index (χ0n) is 17.8. The zero-order valence-corrected chi connectivity index (χ0v) is 19.4. The summed E-state index contributed by atoms with van der Waals surface area (Å²) in [4.78, 5) is 30.0. The van der Waals surface area contributed by atoms with Crippen LogP contribution in [0.4, 0.5) is 0 Å². The molecule has 0 saturated carbocycles. The summed E-state index contributed by atoms with van der Waals surface area (Å²) in [5.41, 5.74) is 1.21. The van der Waals surface area contributed by atoms with Crippen LogP contribution in [-0.4, -0.2) is 73.1 Å². The first-order valence-electron chi connectivity index (χ1n) is 10.5. The average molecular weight is 501 g/mol. The highest BCUT2D eigenvalue weighted by atomic mass is 79.9. The normalized spacial score (nSPS) is 21.2. The fraction of sp³-hybridized carbons (Fsp3) is 0.333. The van der Waals surface area contributed by atoms with Gasteiger partial charge in [0.2, 0.25) is 0 Å². The maximum absolute atomic E-state index is 13.1. The van der Waals surface area contributed by atoms with Crippen LogP contribution < -0.4 is 4.74 Å². The van der Waals surface area contributed by atoms with Gasteiger partial charge in [0.25, 0.3) is 11.7 Å². The third-order valence-corrected chi connectivity index (χ3v) is 6.38. The van der Waals surface area contributed by atoms with E-state index in [0.717, 1.165) is 17.6 Å². The summed E-state index contributed by atoms with van der Waals surface area (Å²) in [5.74, 6) is -0.950. The van der Waals surface area contributed by atoms with Gasteiger partial charge in [0.05, 0.1) is 31.9 Å². The average Bonchev–Trinajstić information content (AvgIpc) is 3.08. The van der Waals surface area contributed by atoms with Crippen molar-refractivity contribution in [1.82, 2.24) is 9.80 Å². The second kappa shape index (κ2) is 9.85. The van der Waals surface area contributed by atoms with Crippen LogP contribution in [-0.2, 0) is 14.3 Å². The minimum Gasteiger partial charge on any atom is -0.507 e. The predicted octanol–water partition coefficient (Wildman–Crippen LogP) is 3.21. The number of Topliss-reactive ketones (excluding diaryl/α,β-unsaturated/α-hetero) is 1. The van der Waals surface area contributed by atoms with Crippen molar-refractivity contribution in [2.24, 2.45) is 0 Å². The lowest BCUT2D eigenvalue weighted by atomic mass is 9.94. The van der Waals surface area contributed by atoms with Gasteiger partial charge in [-0.2, -0.15) is 0 Å². The van der Waals surface area contributed by atoms with Crippen molar-refractivity contribution in [2.45, 2.75) is 6.04 Å². The molecule has 1 atom stereocenters. The van der Waals surface area contributed by atoms with Gasteiger partial charge in [0, 0.05) is 41.8 Å². The number of para-hydroxylation sites is 1. The molecule has 0 radical (unpaired) electrons. The van der Waals surface area contributed by atoms with E-state index in [-0.39, 0.29) is 11.3 Å². The number of aliphatic hydroxyl groups is 1. The molecular formula is C24H25BrN2O5. The van der Waals surface area contributed by atoms with E-state index < -0.39 is 17.7 Å². The van der Waals surface area contributed by atoms with E-state index in [1.54, 1.807) is 42.3 Å². The fourth-order valence-electron chi connectivity index (χ4n) is 4.16. The van der Waals surface area contributed by atoms with E-state index in [0.29, 0.717) is 43.2 Å². The number of halogens is 1. The SMILES string of the molecule is COc1ccccc1[C@H]1/C(=C(\O)c2ccc(Br)cc2)C(=O)C(=O)N1CCN1CCOCC1. The Morgan fingerprint density at radius 3 is 2.47 bits per heavy atom. The molecule has 2 aromatic carbocycles. The molecule has 1 N–H and O–H groups in total. The number of rotatable bonds is 6. The first-order chi connectivity index (χ1) is 15.5. The highest BCUT2D eigenvalue weighted by molar-refractivity contribution is 9.10. The number of hydrogen-bond acceptors (Lipinski definition) is 6.